The molecule has 0 radical (unpaired) electrons. The van der Waals surface area contributed by atoms with Gasteiger partial charge in [0.25, 0.3) is 5.91 Å². The quantitative estimate of drug-likeness (QED) is 0.755. The summed E-state index contributed by atoms with van der Waals surface area (Å²) in [5.74, 6) is 0.135. The van der Waals surface area contributed by atoms with E-state index in [2.05, 4.69) is 10.6 Å². The topological polar surface area (TPSA) is 103 Å². The van der Waals surface area contributed by atoms with Crippen LogP contribution in [0.5, 0.6) is 11.5 Å². The number of esters is 1. The maximum atomic E-state index is 11.8. The van der Waals surface area contributed by atoms with Gasteiger partial charge in [0.15, 0.2) is 17.6 Å². The number of nitrogens with one attached hydrogen (secondary N) is 2. The van der Waals surface area contributed by atoms with E-state index in [1.165, 1.54) is 6.92 Å². The molecule has 1 aliphatic heterocycles. The second-order valence-corrected chi connectivity index (χ2v) is 5.17. The van der Waals surface area contributed by atoms with Crippen molar-refractivity contribution in [3.05, 3.63) is 23.8 Å². The van der Waals surface area contributed by atoms with Gasteiger partial charge >= 0.3 is 12.0 Å². The van der Waals surface area contributed by atoms with E-state index in [-0.39, 0.29) is 13.2 Å². The molecule has 1 aromatic rings. The molecule has 2 N–H and O–H groups in total. The molecule has 1 aromatic carbocycles. The molecule has 0 saturated carbocycles. The molecule has 0 spiro atoms. The lowest BCUT2D eigenvalue weighted by molar-refractivity contribution is -0.154. The largest absolute Gasteiger partial charge is 0.454 e. The lowest BCUT2D eigenvalue weighted by atomic mass is 10.1. The molecule has 1 atom stereocenters. The minimum atomic E-state index is -1.04. The second-order valence-electron chi connectivity index (χ2n) is 5.17. The number of fused-ring (bicyclic) bond motifs is 1. The molecule has 0 fully saturated rings. The van der Waals surface area contributed by atoms with E-state index in [1.54, 1.807) is 19.1 Å². The third-order valence-electron chi connectivity index (χ3n) is 3.31. The van der Waals surface area contributed by atoms with Gasteiger partial charge in [-0.05, 0) is 38.0 Å². The molecular weight excluding hydrogens is 316 g/mol. The number of hydrogen-bond acceptors (Lipinski definition) is 6. The summed E-state index contributed by atoms with van der Waals surface area (Å²) in [5.41, 5.74) is 0.899. The number of amides is 3. The zero-order chi connectivity index (χ0) is 17.5. The summed E-state index contributed by atoms with van der Waals surface area (Å²) in [5, 5.41) is 4.51. The first-order valence-corrected chi connectivity index (χ1v) is 7.66. The summed E-state index contributed by atoms with van der Waals surface area (Å²) >= 11 is 0. The van der Waals surface area contributed by atoms with E-state index in [0.29, 0.717) is 24.5 Å². The molecule has 1 aliphatic rings. The number of carbonyl (C=O) groups is 3. The van der Waals surface area contributed by atoms with Gasteiger partial charge in [0.05, 0.1) is 0 Å². The standard InChI is InChI=1S/C16H20N2O6/c1-3-17-16(21)18-15(20)10(2)24-14(19)7-5-11-4-6-12-13(8-11)23-9-22-12/h4,6,8,10H,3,5,7,9H2,1-2H3,(H2,17,18,20,21). The van der Waals surface area contributed by atoms with Crippen molar-refractivity contribution in [2.24, 2.45) is 0 Å². The first-order valence-electron chi connectivity index (χ1n) is 7.66. The Kier molecular flexibility index (Phi) is 6.00. The number of urea groups is 1. The van der Waals surface area contributed by atoms with Crippen LogP contribution in [0.3, 0.4) is 0 Å². The molecule has 24 heavy (non-hydrogen) atoms. The molecule has 0 saturated heterocycles. The Morgan fingerprint density at radius 3 is 2.75 bits per heavy atom. The highest BCUT2D eigenvalue weighted by atomic mass is 16.7. The lowest BCUT2D eigenvalue weighted by Crippen LogP contribution is -2.44. The van der Waals surface area contributed by atoms with Crippen LogP contribution < -0.4 is 20.1 Å². The summed E-state index contributed by atoms with van der Waals surface area (Å²) in [6, 6.07) is 4.81. The third kappa shape index (κ3) is 4.87. The Hall–Kier alpha value is -2.77. The lowest BCUT2D eigenvalue weighted by Gasteiger charge is -2.13. The summed E-state index contributed by atoms with van der Waals surface area (Å²) in [7, 11) is 0. The summed E-state index contributed by atoms with van der Waals surface area (Å²) in [6.07, 6.45) is -0.490. The molecule has 0 aromatic heterocycles. The summed E-state index contributed by atoms with van der Waals surface area (Å²) < 4.78 is 15.5. The average Bonchev–Trinajstić information content (AvgIpc) is 3.00. The number of carbonyl (C=O) groups excluding carboxylic acids is 3. The van der Waals surface area contributed by atoms with Crippen molar-refractivity contribution in [1.29, 1.82) is 0 Å². The number of aryl methyl sites for hydroxylation is 1. The molecule has 2 rings (SSSR count). The van der Waals surface area contributed by atoms with Crippen LogP contribution >= 0.6 is 0 Å². The van der Waals surface area contributed by atoms with Crippen LogP contribution in [0.15, 0.2) is 18.2 Å². The Morgan fingerprint density at radius 2 is 2.00 bits per heavy atom. The number of rotatable bonds is 6. The molecule has 8 nitrogen and oxygen atoms in total. The monoisotopic (exact) mass is 336 g/mol. The van der Waals surface area contributed by atoms with Crippen LogP contribution in [0.2, 0.25) is 0 Å². The summed E-state index contributed by atoms with van der Waals surface area (Å²) in [6.45, 7) is 3.72. The third-order valence-corrected chi connectivity index (χ3v) is 3.31. The van der Waals surface area contributed by atoms with Crippen molar-refractivity contribution >= 4 is 17.9 Å². The minimum absolute atomic E-state index is 0.110. The van der Waals surface area contributed by atoms with Crippen molar-refractivity contribution in [2.45, 2.75) is 32.8 Å². The van der Waals surface area contributed by atoms with E-state index in [4.69, 9.17) is 14.2 Å². The molecule has 3 amide bonds. The van der Waals surface area contributed by atoms with Crippen molar-refractivity contribution < 1.29 is 28.6 Å². The first-order chi connectivity index (χ1) is 11.5. The number of ether oxygens (including phenoxy) is 3. The van der Waals surface area contributed by atoms with Gasteiger partial charge in [-0.25, -0.2) is 4.79 Å². The smallest absolute Gasteiger partial charge is 0.321 e. The van der Waals surface area contributed by atoms with Gasteiger partial charge in [-0.15, -0.1) is 0 Å². The van der Waals surface area contributed by atoms with Gasteiger partial charge in [0.2, 0.25) is 6.79 Å². The average molecular weight is 336 g/mol. The highest BCUT2D eigenvalue weighted by molar-refractivity contribution is 5.97. The van der Waals surface area contributed by atoms with E-state index >= 15 is 0 Å². The zero-order valence-corrected chi connectivity index (χ0v) is 13.6. The van der Waals surface area contributed by atoms with Gasteiger partial charge in [0, 0.05) is 13.0 Å². The Morgan fingerprint density at radius 1 is 1.25 bits per heavy atom. The minimum Gasteiger partial charge on any atom is -0.454 e. The molecule has 0 aliphatic carbocycles. The van der Waals surface area contributed by atoms with Gasteiger partial charge in [-0.1, -0.05) is 6.07 Å². The van der Waals surface area contributed by atoms with E-state index in [9.17, 15) is 14.4 Å². The predicted molar refractivity (Wildman–Crippen MR) is 83.7 cm³/mol. The maximum Gasteiger partial charge on any atom is 0.321 e. The van der Waals surface area contributed by atoms with E-state index < -0.39 is 24.0 Å². The fourth-order valence-electron chi connectivity index (χ4n) is 2.07. The van der Waals surface area contributed by atoms with E-state index in [0.717, 1.165) is 5.56 Å². The van der Waals surface area contributed by atoms with Gasteiger partial charge in [0.1, 0.15) is 0 Å². The molecule has 1 unspecified atom stereocenters. The number of benzene rings is 1. The van der Waals surface area contributed by atoms with Gasteiger partial charge in [-0.2, -0.15) is 0 Å². The first kappa shape index (κ1) is 17.6. The Balaban J connectivity index is 1.76. The molecule has 8 heteroatoms. The Labute approximate surface area is 139 Å². The molecular formula is C16H20N2O6. The van der Waals surface area contributed by atoms with Crippen molar-refractivity contribution in [3.8, 4) is 11.5 Å². The van der Waals surface area contributed by atoms with Crippen LogP contribution in [0.1, 0.15) is 25.8 Å². The SMILES string of the molecule is CCNC(=O)NC(=O)C(C)OC(=O)CCc1ccc2c(c1)OCO2. The van der Waals surface area contributed by atoms with Gasteiger partial charge < -0.3 is 19.5 Å². The van der Waals surface area contributed by atoms with Crippen molar-refractivity contribution in [2.75, 3.05) is 13.3 Å². The Bertz CT molecular complexity index is 631. The van der Waals surface area contributed by atoms with E-state index in [1.807, 2.05) is 6.07 Å². The fourth-order valence-corrected chi connectivity index (χ4v) is 2.07. The zero-order valence-electron chi connectivity index (χ0n) is 13.6. The second kappa shape index (κ2) is 8.19. The maximum absolute atomic E-state index is 11.8. The van der Waals surface area contributed by atoms with Crippen LogP contribution in [0.4, 0.5) is 4.79 Å². The van der Waals surface area contributed by atoms with Gasteiger partial charge in [-0.3, -0.25) is 14.9 Å². The number of hydrogen-bond donors (Lipinski definition) is 2. The normalized spacial score (nSPS) is 13.1. The predicted octanol–water partition coefficient (Wildman–Crippen LogP) is 1.13. The van der Waals surface area contributed by atoms with Crippen LogP contribution in [-0.2, 0) is 20.7 Å². The van der Waals surface area contributed by atoms with Crippen LogP contribution in [0.25, 0.3) is 0 Å². The van der Waals surface area contributed by atoms with Crippen molar-refractivity contribution in [1.82, 2.24) is 10.6 Å². The highest BCUT2D eigenvalue weighted by Crippen LogP contribution is 2.32. The van der Waals surface area contributed by atoms with Crippen LogP contribution in [0, 0.1) is 0 Å². The number of imide groups is 1. The fraction of sp³-hybridized carbons (Fsp3) is 0.438. The van der Waals surface area contributed by atoms with Crippen LogP contribution in [-0.4, -0.2) is 37.3 Å². The van der Waals surface area contributed by atoms with Crippen molar-refractivity contribution in [3.63, 3.8) is 0 Å². The molecule has 130 valence electrons. The summed E-state index contributed by atoms with van der Waals surface area (Å²) in [4.78, 5) is 34.7. The molecule has 1 heterocycles. The molecule has 0 bridgehead atoms. The highest BCUT2D eigenvalue weighted by Gasteiger charge is 2.20.